The Morgan fingerprint density at radius 1 is 1.61 bits per heavy atom. The number of rotatable bonds is 5. The molecular weight excluding hydrogens is 246 g/mol. The van der Waals surface area contributed by atoms with Crippen LogP contribution in [-0.4, -0.2) is 17.6 Å². The first-order valence-electron chi connectivity index (χ1n) is 6.12. The molecule has 3 nitrogen and oxygen atoms in total. The quantitative estimate of drug-likeness (QED) is 0.801. The third-order valence-electron chi connectivity index (χ3n) is 2.64. The van der Waals surface area contributed by atoms with E-state index in [-0.39, 0.29) is 18.4 Å². The maximum atomic E-state index is 11.8. The van der Waals surface area contributed by atoms with Crippen molar-refractivity contribution in [2.24, 2.45) is 5.92 Å². The third kappa shape index (κ3) is 4.52. The van der Waals surface area contributed by atoms with Gasteiger partial charge in [0.15, 0.2) is 0 Å². The fourth-order valence-corrected chi connectivity index (χ4v) is 2.40. The Kier molecular flexibility index (Phi) is 6.48. The van der Waals surface area contributed by atoms with Gasteiger partial charge >= 0.3 is 0 Å². The molecule has 1 rings (SSSR count). The lowest BCUT2D eigenvalue weighted by Crippen LogP contribution is -2.28. The smallest absolute Gasteiger partial charge is 0.223 e. The van der Waals surface area contributed by atoms with Crippen LogP contribution >= 0.6 is 11.3 Å². The number of carbonyl (C=O) groups excluding carboxylic acids is 1. The molecule has 4 heteroatoms. The van der Waals surface area contributed by atoms with E-state index in [1.807, 2.05) is 18.4 Å². The standard InChI is InChI=1S/C14H19NO2S/c1-3-5-11(2)14(17)15-10-13-12(6-4-8-16)7-9-18-13/h7,9,11,16H,3,5,8,10H2,1-2H3,(H,15,17). The number of nitrogens with one attached hydrogen (secondary N) is 1. The number of carbonyl (C=O) groups is 1. The highest BCUT2D eigenvalue weighted by Crippen LogP contribution is 2.16. The van der Waals surface area contributed by atoms with Gasteiger partial charge in [-0.25, -0.2) is 0 Å². The summed E-state index contributed by atoms with van der Waals surface area (Å²) in [5.41, 5.74) is 0.887. The van der Waals surface area contributed by atoms with Crippen molar-refractivity contribution < 1.29 is 9.90 Å². The second-order valence-electron chi connectivity index (χ2n) is 4.12. The van der Waals surface area contributed by atoms with Gasteiger partial charge in [-0.15, -0.1) is 11.3 Å². The predicted octanol–water partition coefficient (Wildman–Crippen LogP) is 2.14. The molecule has 1 atom stereocenters. The maximum Gasteiger partial charge on any atom is 0.223 e. The van der Waals surface area contributed by atoms with Crippen LogP contribution in [-0.2, 0) is 11.3 Å². The SMILES string of the molecule is CCCC(C)C(=O)NCc1sccc1C#CCO. The number of hydrogen-bond donors (Lipinski definition) is 2. The minimum Gasteiger partial charge on any atom is -0.384 e. The fourth-order valence-electron chi connectivity index (χ4n) is 1.63. The van der Waals surface area contributed by atoms with Crippen LogP contribution in [0.1, 0.15) is 37.1 Å². The van der Waals surface area contributed by atoms with E-state index in [1.165, 1.54) is 0 Å². The lowest BCUT2D eigenvalue weighted by molar-refractivity contribution is -0.124. The Morgan fingerprint density at radius 3 is 3.06 bits per heavy atom. The summed E-state index contributed by atoms with van der Waals surface area (Å²) >= 11 is 1.57. The Balaban J connectivity index is 2.53. The molecule has 1 aromatic rings. The van der Waals surface area contributed by atoms with Crippen LogP contribution in [0.25, 0.3) is 0 Å². The third-order valence-corrected chi connectivity index (χ3v) is 3.56. The summed E-state index contributed by atoms with van der Waals surface area (Å²) in [5, 5.41) is 13.5. The van der Waals surface area contributed by atoms with Crippen molar-refractivity contribution in [3.05, 3.63) is 21.9 Å². The largest absolute Gasteiger partial charge is 0.384 e. The van der Waals surface area contributed by atoms with Crippen molar-refractivity contribution in [2.75, 3.05) is 6.61 Å². The van der Waals surface area contributed by atoms with Gasteiger partial charge < -0.3 is 10.4 Å². The highest BCUT2D eigenvalue weighted by molar-refractivity contribution is 7.10. The van der Waals surface area contributed by atoms with Crippen molar-refractivity contribution in [3.63, 3.8) is 0 Å². The van der Waals surface area contributed by atoms with Gasteiger partial charge in [-0.05, 0) is 17.9 Å². The van der Waals surface area contributed by atoms with Gasteiger partial charge in [-0.3, -0.25) is 4.79 Å². The van der Waals surface area contributed by atoms with E-state index in [9.17, 15) is 4.79 Å². The number of hydrogen-bond acceptors (Lipinski definition) is 3. The van der Waals surface area contributed by atoms with Crippen LogP contribution in [0.5, 0.6) is 0 Å². The summed E-state index contributed by atoms with van der Waals surface area (Å²) in [5.74, 6) is 5.65. The summed E-state index contributed by atoms with van der Waals surface area (Å²) in [7, 11) is 0. The van der Waals surface area contributed by atoms with Crippen molar-refractivity contribution >= 4 is 17.2 Å². The number of aliphatic hydroxyl groups excluding tert-OH is 1. The molecule has 0 aliphatic heterocycles. The van der Waals surface area contributed by atoms with E-state index in [0.29, 0.717) is 6.54 Å². The van der Waals surface area contributed by atoms with Gasteiger partial charge in [-0.1, -0.05) is 32.1 Å². The zero-order valence-corrected chi connectivity index (χ0v) is 11.6. The summed E-state index contributed by atoms with van der Waals surface area (Å²) in [6.07, 6.45) is 1.92. The molecular formula is C14H19NO2S. The molecule has 1 unspecified atom stereocenters. The van der Waals surface area contributed by atoms with Crippen LogP contribution in [0.4, 0.5) is 0 Å². The minimum absolute atomic E-state index is 0.0574. The van der Waals surface area contributed by atoms with Crippen molar-refractivity contribution in [2.45, 2.75) is 33.2 Å². The Hall–Kier alpha value is -1.31. The highest BCUT2D eigenvalue weighted by Gasteiger charge is 2.12. The van der Waals surface area contributed by atoms with Gasteiger partial charge in [0.2, 0.25) is 5.91 Å². The van der Waals surface area contributed by atoms with E-state index >= 15 is 0 Å². The second kappa shape index (κ2) is 7.91. The average molecular weight is 265 g/mol. The Bertz CT molecular complexity index is 442. The number of amides is 1. The van der Waals surface area contributed by atoms with Gasteiger partial charge in [0.05, 0.1) is 6.54 Å². The van der Waals surface area contributed by atoms with Crippen LogP contribution in [0.15, 0.2) is 11.4 Å². The van der Waals surface area contributed by atoms with E-state index in [1.54, 1.807) is 11.3 Å². The van der Waals surface area contributed by atoms with Gasteiger partial charge in [0.25, 0.3) is 0 Å². The molecule has 2 N–H and O–H groups in total. The van der Waals surface area contributed by atoms with Crippen molar-refractivity contribution in [1.29, 1.82) is 0 Å². The zero-order chi connectivity index (χ0) is 13.4. The van der Waals surface area contributed by atoms with E-state index in [0.717, 1.165) is 23.3 Å². The predicted molar refractivity (Wildman–Crippen MR) is 74.2 cm³/mol. The first-order valence-corrected chi connectivity index (χ1v) is 7.00. The Labute approximate surface area is 112 Å². The summed E-state index contributed by atoms with van der Waals surface area (Å²) in [6, 6.07) is 1.91. The fraction of sp³-hybridized carbons (Fsp3) is 0.500. The molecule has 0 saturated carbocycles. The Morgan fingerprint density at radius 2 is 2.39 bits per heavy atom. The molecule has 0 fully saturated rings. The maximum absolute atomic E-state index is 11.8. The van der Waals surface area contributed by atoms with Crippen molar-refractivity contribution in [1.82, 2.24) is 5.32 Å². The molecule has 0 bridgehead atoms. The van der Waals surface area contributed by atoms with Crippen LogP contribution in [0, 0.1) is 17.8 Å². The molecule has 0 spiro atoms. The molecule has 1 aromatic heterocycles. The summed E-state index contributed by atoms with van der Waals surface area (Å²) in [4.78, 5) is 12.8. The first kappa shape index (κ1) is 14.7. The van der Waals surface area contributed by atoms with Gasteiger partial charge in [0, 0.05) is 16.4 Å². The normalized spacial score (nSPS) is 11.5. The zero-order valence-electron chi connectivity index (χ0n) is 10.8. The lowest BCUT2D eigenvalue weighted by Gasteiger charge is -2.10. The van der Waals surface area contributed by atoms with Gasteiger partial charge in [0.1, 0.15) is 6.61 Å². The molecule has 0 saturated heterocycles. The molecule has 0 aromatic carbocycles. The first-order chi connectivity index (χ1) is 8.69. The molecule has 0 radical (unpaired) electrons. The van der Waals surface area contributed by atoms with Gasteiger partial charge in [-0.2, -0.15) is 0 Å². The molecule has 0 aliphatic rings. The van der Waals surface area contributed by atoms with E-state index in [2.05, 4.69) is 24.1 Å². The van der Waals surface area contributed by atoms with E-state index in [4.69, 9.17) is 5.11 Å². The van der Waals surface area contributed by atoms with E-state index < -0.39 is 0 Å². The molecule has 18 heavy (non-hydrogen) atoms. The van der Waals surface area contributed by atoms with Crippen LogP contribution < -0.4 is 5.32 Å². The second-order valence-corrected chi connectivity index (χ2v) is 5.13. The van der Waals surface area contributed by atoms with Crippen molar-refractivity contribution in [3.8, 4) is 11.8 Å². The highest BCUT2D eigenvalue weighted by atomic mass is 32.1. The van der Waals surface area contributed by atoms with Crippen LogP contribution in [0.2, 0.25) is 0 Å². The topological polar surface area (TPSA) is 49.3 Å². The monoisotopic (exact) mass is 265 g/mol. The summed E-state index contributed by atoms with van der Waals surface area (Å²) < 4.78 is 0. The molecule has 1 heterocycles. The lowest BCUT2D eigenvalue weighted by atomic mass is 10.1. The molecule has 1 amide bonds. The minimum atomic E-state index is -0.144. The summed E-state index contributed by atoms with van der Waals surface area (Å²) in [6.45, 7) is 4.39. The number of aliphatic hydroxyl groups is 1. The van der Waals surface area contributed by atoms with Crippen LogP contribution in [0.3, 0.4) is 0 Å². The molecule has 0 aliphatic carbocycles. The number of thiophene rings is 1. The molecule has 98 valence electrons. The average Bonchev–Trinajstić information content (AvgIpc) is 2.81.